The van der Waals surface area contributed by atoms with Crippen molar-refractivity contribution in [1.29, 1.82) is 0 Å². The van der Waals surface area contributed by atoms with Crippen LogP contribution in [0, 0.1) is 13.8 Å². The number of nitrogens with zero attached hydrogens (tertiary/aromatic N) is 3. The van der Waals surface area contributed by atoms with Crippen molar-refractivity contribution in [2.24, 2.45) is 0 Å². The molecule has 31 heavy (non-hydrogen) atoms. The molecule has 2 heterocycles. The molecule has 1 aliphatic heterocycles. The van der Waals surface area contributed by atoms with Gasteiger partial charge >= 0.3 is 0 Å². The van der Waals surface area contributed by atoms with Gasteiger partial charge in [-0.2, -0.15) is 0 Å². The fourth-order valence-corrected chi connectivity index (χ4v) is 4.53. The normalized spacial score (nSPS) is 16.9. The molecule has 3 aromatic rings. The number of amides is 2. The van der Waals surface area contributed by atoms with Gasteiger partial charge in [0, 0.05) is 22.7 Å². The second-order valence-electron chi connectivity index (χ2n) is 7.58. The van der Waals surface area contributed by atoms with Gasteiger partial charge in [-0.15, -0.1) is 10.2 Å². The maximum atomic E-state index is 13.2. The molecule has 2 aromatic carbocycles. The van der Waals surface area contributed by atoms with E-state index in [-0.39, 0.29) is 11.8 Å². The molecule has 160 valence electrons. The van der Waals surface area contributed by atoms with Crippen LogP contribution < -0.4 is 0 Å². The number of aromatic nitrogens is 2. The van der Waals surface area contributed by atoms with Crippen LogP contribution in [0.1, 0.15) is 40.7 Å². The van der Waals surface area contributed by atoms with Crippen LogP contribution in [0.3, 0.4) is 0 Å². The largest absolute Gasteiger partial charge is 0.411 e. The summed E-state index contributed by atoms with van der Waals surface area (Å²) >= 11 is 7.14. The summed E-state index contributed by atoms with van der Waals surface area (Å²) in [5, 5.41) is 8.68. The first-order chi connectivity index (χ1) is 14.9. The molecular formula is C23H22ClN3O3S. The summed E-state index contributed by atoms with van der Waals surface area (Å²) < 4.78 is 5.82. The van der Waals surface area contributed by atoms with Gasteiger partial charge in [-0.05, 0) is 74.2 Å². The first-order valence-electron chi connectivity index (χ1n) is 10.1. The Labute approximate surface area is 190 Å². The summed E-state index contributed by atoms with van der Waals surface area (Å²) in [4.78, 5) is 27.4. The van der Waals surface area contributed by atoms with Crippen molar-refractivity contribution >= 4 is 35.2 Å². The highest BCUT2D eigenvalue weighted by molar-refractivity contribution is 8.00. The first kappa shape index (κ1) is 21.6. The van der Waals surface area contributed by atoms with Gasteiger partial charge in [0.2, 0.25) is 11.8 Å². The molecule has 1 aliphatic rings. The summed E-state index contributed by atoms with van der Waals surface area (Å²) in [5.74, 6) is -0.121. The maximum Gasteiger partial charge on any atom is 0.277 e. The predicted molar refractivity (Wildman–Crippen MR) is 120 cm³/mol. The SMILES string of the molecule is Cc1ccc(-c2nnc(S[C@@H]3CCCCN(C(=O)c4ccc(Cl)cc4)C3=O)o2)cc1C. The van der Waals surface area contributed by atoms with E-state index in [2.05, 4.69) is 10.2 Å². The highest BCUT2D eigenvalue weighted by Crippen LogP contribution is 2.32. The van der Waals surface area contributed by atoms with Crippen molar-refractivity contribution in [3.63, 3.8) is 0 Å². The number of likely N-dealkylation sites (tertiary alicyclic amines) is 1. The quantitative estimate of drug-likeness (QED) is 0.495. The Morgan fingerprint density at radius 2 is 1.87 bits per heavy atom. The number of halogens is 1. The first-order valence-corrected chi connectivity index (χ1v) is 11.4. The molecule has 1 fully saturated rings. The monoisotopic (exact) mass is 455 g/mol. The van der Waals surface area contributed by atoms with E-state index < -0.39 is 5.25 Å². The third-order valence-corrected chi connectivity index (χ3v) is 6.72. The Morgan fingerprint density at radius 3 is 2.61 bits per heavy atom. The molecule has 1 atom stereocenters. The van der Waals surface area contributed by atoms with Gasteiger partial charge in [-0.1, -0.05) is 35.9 Å². The summed E-state index contributed by atoms with van der Waals surface area (Å²) in [7, 11) is 0. The van der Waals surface area contributed by atoms with E-state index in [1.807, 2.05) is 32.0 Å². The number of hydrogen-bond acceptors (Lipinski definition) is 6. The Kier molecular flexibility index (Phi) is 6.43. The molecule has 0 radical (unpaired) electrons. The smallest absolute Gasteiger partial charge is 0.277 e. The van der Waals surface area contributed by atoms with Crippen molar-refractivity contribution < 1.29 is 14.0 Å². The van der Waals surface area contributed by atoms with E-state index in [9.17, 15) is 9.59 Å². The molecule has 0 saturated carbocycles. The number of thioether (sulfide) groups is 1. The van der Waals surface area contributed by atoms with E-state index >= 15 is 0 Å². The van der Waals surface area contributed by atoms with Crippen LogP contribution in [0.25, 0.3) is 11.5 Å². The van der Waals surface area contributed by atoms with E-state index in [0.717, 1.165) is 24.0 Å². The molecule has 1 aromatic heterocycles. The Bertz CT molecular complexity index is 1110. The Balaban J connectivity index is 1.50. The third kappa shape index (κ3) is 4.83. The summed E-state index contributed by atoms with van der Waals surface area (Å²) in [5.41, 5.74) is 3.61. The minimum absolute atomic E-state index is 0.228. The average Bonchev–Trinajstić information content (AvgIpc) is 3.15. The van der Waals surface area contributed by atoms with E-state index in [4.69, 9.17) is 16.0 Å². The number of carbonyl (C=O) groups excluding carboxylic acids is 2. The van der Waals surface area contributed by atoms with Crippen LogP contribution in [-0.4, -0.2) is 38.7 Å². The van der Waals surface area contributed by atoms with Gasteiger partial charge in [0.05, 0.1) is 5.25 Å². The van der Waals surface area contributed by atoms with Crippen LogP contribution in [0.2, 0.25) is 5.02 Å². The lowest BCUT2D eigenvalue weighted by atomic mass is 10.1. The predicted octanol–water partition coefficient (Wildman–Crippen LogP) is 5.32. The van der Waals surface area contributed by atoms with Gasteiger partial charge < -0.3 is 4.42 Å². The summed E-state index contributed by atoms with van der Waals surface area (Å²) in [6.45, 7) is 4.47. The topological polar surface area (TPSA) is 76.3 Å². The van der Waals surface area contributed by atoms with Gasteiger partial charge in [-0.25, -0.2) is 0 Å². The second kappa shape index (κ2) is 9.24. The molecule has 8 heteroatoms. The molecule has 2 amide bonds. The lowest BCUT2D eigenvalue weighted by Gasteiger charge is -2.21. The zero-order valence-electron chi connectivity index (χ0n) is 17.3. The molecule has 0 spiro atoms. The van der Waals surface area contributed by atoms with Crippen molar-refractivity contribution in [3.05, 3.63) is 64.2 Å². The lowest BCUT2D eigenvalue weighted by molar-refractivity contribution is -0.127. The van der Waals surface area contributed by atoms with Crippen LogP contribution in [0.4, 0.5) is 0 Å². The number of aryl methyl sites for hydroxylation is 2. The second-order valence-corrected chi connectivity index (χ2v) is 9.17. The van der Waals surface area contributed by atoms with Crippen LogP contribution in [0.15, 0.2) is 52.1 Å². The fraction of sp³-hybridized carbons (Fsp3) is 0.304. The average molecular weight is 456 g/mol. The molecular weight excluding hydrogens is 434 g/mol. The van der Waals surface area contributed by atoms with E-state index in [1.54, 1.807) is 24.3 Å². The number of rotatable bonds is 4. The number of benzene rings is 2. The van der Waals surface area contributed by atoms with Crippen LogP contribution >= 0.6 is 23.4 Å². The Hall–Kier alpha value is -2.64. The molecule has 0 N–H and O–H groups in total. The van der Waals surface area contributed by atoms with Crippen LogP contribution in [0.5, 0.6) is 0 Å². The van der Waals surface area contributed by atoms with Gasteiger partial charge in [0.25, 0.3) is 11.1 Å². The van der Waals surface area contributed by atoms with Gasteiger partial charge in [-0.3, -0.25) is 14.5 Å². The number of hydrogen-bond donors (Lipinski definition) is 0. The fourth-order valence-electron chi connectivity index (χ4n) is 3.44. The minimum atomic E-state index is -0.452. The van der Waals surface area contributed by atoms with Gasteiger partial charge in [0.1, 0.15) is 0 Å². The zero-order chi connectivity index (χ0) is 22.0. The summed E-state index contributed by atoms with van der Waals surface area (Å²) in [6, 6.07) is 12.5. The number of imide groups is 1. The molecule has 0 unspecified atom stereocenters. The summed E-state index contributed by atoms with van der Waals surface area (Å²) in [6.07, 6.45) is 2.25. The molecule has 4 rings (SSSR count). The van der Waals surface area contributed by atoms with E-state index in [1.165, 1.54) is 22.2 Å². The molecule has 6 nitrogen and oxygen atoms in total. The van der Waals surface area contributed by atoms with Crippen molar-refractivity contribution in [3.8, 4) is 11.5 Å². The minimum Gasteiger partial charge on any atom is -0.411 e. The van der Waals surface area contributed by atoms with Crippen molar-refractivity contribution in [2.45, 2.75) is 43.6 Å². The molecule has 0 aliphatic carbocycles. The highest BCUT2D eigenvalue weighted by Gasteiger charge is 2.33. The van der Waals surface area contributed by atoms with E-state index in [0.29, 0.717) is 34.7 Å². The molecule has 0 bridgehead atoms. The zero-order valence-corrected chi connectivity index (χ0v) is 18.9. The third-order valence-electron chi connectivity index (χ3n) is 5.38. The highest BCUT2D eigenvalue weighted by atomic mass is 35.5. The van der Waals surface area contributed by atoms with Gasteiger partial charge in [0.15, 0.2) is 0 Å². The standard InChI is InChI=1S/C23H22ClN3O3S/c1-14-6-7-17(13-15(14)2)20-25-26-23(30-20)31-19-5-3-4-12-27(22(19)29)21(28)16-8-10-18(24)11-9-16/h6-11,13,19H,3-5,12H2,1-2H3/t19-/m1/s1. The Morgan fingerprint density at radius 1 is 1.10 bits per heavy atom. The maximum absolute atomic E-state index is 13.2. The van der Waals surface area contributed by atoms with Crippen molar-refractivity contribution in [1.82, 2.24) is 15.1 Å². The number of carbonyl (C=O) groups is 2. The lowest BCUT2D eigenvalue weighted by Crippen LogP contribution is -2.41. The molecule has 1 saturated heterocycles. The van der Waals surface area contributed by atoms with Crippen molar-refractivity contribution in [2.75, 3.05) is 6.54 Å². The van der Waals surface area contributed by atoms with Crippen LogP contribution in [-0.2, 0) is 4.79 Å².